The highest BCUT2D eigenvalue weighted by Crippen LogP contribution is 2.30. The SMILES string of the molecule is CC[C@H](NC(=O)[C@H](C)NC)C(=O)N1C[C@@H](OC/C=C/COc2ccc(C[C@H](NC(=O)[C@H](Cc3ccc4ccccc4c3)NC(=O)[C@@H]3C[C@H](NC(=O)c4ccc(C[C@H](NC(=O)[C@@H](N)c5ccccc5)C(=O)O)cc4)CN3C(=O)[C@@H](NC(=O)[C@H](C)NC)C(C)(C)C)C(=O)O)cc2)CC1(O)C=O. The Kier molecular flexibility index (Phi) is 27.0. The number of nitrogens with two attached hydrogens (primary N) is 1. The van der Waals surface area contributed by atoms with Gasteiger partial charge in [0.25, 0.3) is 5.91 Å². The molecule has 0 saturated carbocycles. The molecule has 5 aromatic rings. The average Bonchev–Trinajstić information content (AvgIpc) is 1.68. The van der Waals surface area contributed by atoms with Crippen molar-refractivity contribution in [2.75, 3.05) is 40.4 Å². The van der Waals surface area contributed by atoms with Crippen LogP contribution in [0.1, 0.15) is 99.5 Å². The minimum absolute atomic E-state index is 0.0419. The van der Waals surface area contributed by atoms with Crippen molar-refractivity contribution >= 4 is 76.3 Å². The second kappa shape index (κ2) is 35.0. The summed E-state index contributed by atoms with van der Waals surface area (Å²) in [5, 5.41) is 55.4. The first-order valence-electron chi connectivity index (χ1n) is 32.9. The van der Waals surface area contributed by atoms with Gasteiger partial charge < -0.3 is 82.9 Å². The Hall–Kier alpha value is -9.93. The molecule has 27 nitrogen and oxygen atoms in total. The van der Waals surface area contributed by atoms with Gasteiger partial charge in [0.1, 0.15) is 54.6 Å². The number of likely N-dealkylation sites (N-methyl/N-ethyl adjacent to an activating group) is 2. The normalized spacial score (nSPS) is 19.3. The predicted octanol–water partition coefficient (Wildman–Crippen LogP) is 1.97. The topological polar surface area (TPSA) is 396 Å². The third-order valence-corrected chi connectivity index (χ3v) is 17.7. The Labute approximate surface area is 574 Å². The molecule has 99 heavy (non-hydrogen) atoms. The fraction of sp³-hybridized carbons (Fsp3) is 0.431. The molecule has 2 aliphatic rings. The molecule has 2 saturated heterocycles. The van der Waals surface area contributed by atoms with Crippen LogP contribution in [0.2, 0.25) is 0 Å². The van der Waals surface area contributed by atoms with Crippen molar-refractivity contribution in [1.29, 1.82) is 0 Å². The van der Waals surface area contributed by atoms with Crippen LogP contribution in [0.5, 0.6) is 5.75 Å². The zero-order valence-electron chi connectivity index (χ0n) is 56.8. The highest BCUT2D eigenvalue weighted by atomic mass is 16.5. The zero-order chi connectivity index (χ0) is 72.3. The number of fused-ring (bicyclic) bond motifs is 1. The van der Waals surface area contributed by atoms with Gasteiger partial charge >= 0.3 is 11.9 Å². The van der Waals surface area contributed by atoms with Gasteiger partial charge in [-0.15, -0.1) is 0 Å². The lowest BCUT2D eigenvalue weighted by Crippen LogP contribution is -2.61. The number of hydrogen-bond donors (Lipinski definition) is 12. The Morgan fingerprint density at radius 1 is 0.636 bits per heavy atom. The molecule has 0 aromatic heterocycles. The van der Waals surface area contributed by atoms with Crippen molar-refractivity contribution in [2.24, 2.45) is 11.1 Å². The minimum atomic E-state index is -2.13. The van der Waals surface area contributed by atoms with E-state index in [-0.39, 0.29) is 76.7 Å². The number of nitrogens with one attached hydrogen (secondary N) is 8. The van der Waals surface area contributed by atoms with E-state index in [1.165, 1.54) is 29.2 Å². The maximum atomic E-state index is 15.1. The number of likely N-dealkylation sites (tertiary alicyclic amines) is 2. The van der Waals surface area contributed by atoms with Crippen molar-refractivity contribution in [2.45, 2.75) is 152 Å². The van der Waals surface area contributed by atoms with E-state index in [0.717, 1.165) is 15.7 Å². The molecule has 0 spiro atoms. The zero-order valence-corrected chi connectivity index (χ0v) is 56.8. The molecule has 12 atom stereocenters. The molecule has 0 bridgehead atoms. The molecule has 2 fully saturated rings. The third-order valence-electron chi connectivity index (χ3n) is 17.7. The maximum Gasteiger partial charge on any atom is 0.326 e. The van der Waals surface area contributed by atoms with Crippen LogP contribution in [-0.2, 0) is 71.9 Å². The summed E-state index contributed by atoms with van der Waals surface area (Å²) in [6.07, 6.45) is 2.29. The molecule has 5 aromatic carbocycles. The quantitative estimate of drug-likeness (QED) is 0.0211. The second-order valence-electron chi connectivity index (χ2n) is 26.0. The standard InChI is InChI=1S/C72H91N11O16/c1-9-54(77-61(85)42(2)74-7)67(91)83-40-53(38-72(83,97)41-84)99-32-16-15-31-98-52-29-24-45(25-30-52)35-56(69(93)94)79-64(88)55(36-46-23-26-47-17-13-14-20-50(47)33-46)78-65(89)58-37-51(39-82(58)68(92)60(71(4,5)6)81-62(86)43(3)75-8)76-63(87)49-27-21-44(22-28-49)34-57(70(95)96)80-66(90)59(73)48-18-11-10-12-19-48/h10-30,33,41-43,51,53-60,74-75,97H,9,31-32,34-40,73H2,1-8H3,(H,76,87)(H,77,85)(H,78,89)(H,79,88)(H,80,90)(H,81,86)(H,93,94)(H,95,96)/b16-15+/t42-,43-,51-,53-,54-,55-,56-,57-,58-,59-,60+,72?/m0/s1. The van der Waals surface area contributed by atoms with E-state index in [0.29, 0.717) is 28.0 Å². The van der Waals surface area contributed by atoms with Crippen LogP contribution in [0.4, 0.5) is 0 Å². The second-order valence-corrected chi connectivity index (χ2v) is 26.0. The van der Waals surface area contributed by atoms with Crippen LogP contribution in [0.3, 0.4) is 0 Å². The summed E-state index contributed by atoms with van der Waals surface area (Å²) in [6, 6.07) is 22.7. The fourth-order valence-electron chi connectivity index (χ4n) is 11.5. The number of aliphatic hydroxyl groups is 1. The van der Waals surface area contributed by atoms with Gasteiger partial charge in [0, 0.05) is 43.8 Å². The van der Waals surface area contributed by atoms with Gasteiger partial charge in [-0.05, 0) is 110 Å². The Balaban J connectivity index is 1.03. The number of ether oxygens (including phenoxy) is 2. The molecule has 530 valence electrons. The number of carboxylic acid groups (broad SMARTS) is 2. The Morgan fingerprint density at radius 2 is 1.18 bits per heavy atom. The predicted molar refractivity (Wildman–Crippen MR) is 366 cm³/mol. The number of hydrogen-bond acceptors (Lipinski definition) is 17. The molecule has 2 heterocycles. The molecule has 1 unspecified atom stereocenters. The van der Waals surface area contributed by atoms with Gasteiger partial charge in [-0.25, -0.2) is 9.59 Å². The number of benzene rings is 5. The summed E-state index contributed by atoms with van der Waals surface area (Å²) in [5.74, 6) is -7.44. The van der Waals surface area contributed by atoms with Gasteiger partial charge in [0.15, 0.2) is 12.0 Å². The van der Waals surface area contributed by atoms with E-state index in [9.17, 15) is 58.5 Å². The minimum Gasteiger partial charge on any atom is -0.490 e. The summed E-state index contributed by atoms with van der Waals surface area (Å²) in [5.41, 5.74) is 5.27. The number of aliphatic carboxylic acids is 2. The Bertz CT molecular complexity index is 3720. The van der Waals surface area contributed by atoms with Crippen LogP contribution in [0.15, 0.2) is 133 Å². The van der Waals surface area contributed by atoms with Crippen LogP contribution in [0, 0.1) is 5.41 Å². The van der Waals surface area contributed by atoms with E-state index < -0.39 is 137 Å². The van der Waals surface area contributed by atoms with Gasteiger partial charge in [0.2, 0.25) is 41.4 Å². The van der Waals surface area contributed by atoms with Crippen LogP contribution in [0.25, 0.3) is 10.8 Å². The first-order valence-corrected chi connectivity index (χ1v) is 32.9. The van der Waals surface area contributed by atoms with E-state index in [4.69, 9.17) is 15.2 Å². The molecule has 0 aliphatic carbocycles. The molecule has 2 aliphatic heterocycles. The van der Waals surface area contributed by atoms with E-state index in [1.807, 2.05) is 36.4 Å². The summed E-state index contributed by atoms with van der Waals surface area (Å²) in [4.78, 5) is 151. The molecular formula is C72H91N11O16. The number of carbonyl (C=O) groups excluding carboxylic acids is 9. The van der Waals surface area contributed by atoms with E-state index in [1.54, 1.807) is 128 Å². The molecular weight excluding hydrogens is 1270 g/mol. The molecule has 8 amide bonds. The lowest BCUT2D eigenvalue weighted by Gasteiger charge is -2.36. The smallest absolute Gasteiger partial charge is 0.326 e. The molecule has 0 radical (unpaired) electrons. The van der Waals surface area contributed by atoms with Gasteiger partial charge in [-0.2, -0.15) is 0 Å². The molecule has 13 N–H and O–H groups in total. The fourth-order valence-corrected chi connectivity index (χ4v) is 11.5. The van der Waals surface area contributed by atoms with E-state index in [2.05, 4.69) is 42.5 Å². The number of carbonyl (C=O) groups is 11. The van der Waals surface area contributed by atoms with Crippen molar-refractivity contribution in [3.63, 3.8) is 0 Å². The summed E-state index contributed by atoms with van der Waals surface area (Å²) in [6.45, 7) is 9.96. The van der Waals surface area contributed by atoms with Gasteiger partial charge in [-0.3, -0.25) is 43.2 Å². The van der Waals surface area contributed by atoms with Crippen molar-refractivity contribution in [3.8, 4) is 5.75 Å². The number of amides is 8. The summed E-state index contributed by atoms with van der Waals surface area (Å²) >= 11 is 0. The largest absolute Gasteiger partial charge is 0.490 e. The third kappa shape index (κ3) is 20.8. The summed E-state index contributed by atoms with van der Waals surface area (Å²) in [7, 11) is 3.18. The Morgan fingerprint density at radius 3 is 1.77 bits per heavy atom. The number of carboxylic acids is 2. The van der Waals surface area contributed by atoms with Crippen LogP contribution < -0.4 is 53.0 Å². The average molecular weight is 1370 g/mol. The lowest BCUT2D eigenvalue weighted by atomic mass is 9.85. The highest BCUT2D eigenvalue weighted by molar-refractivity contribution is 5.98. The number of rotatable bonds is 33. The monoisotopic (exact) mass is 1370 g/mol. The molecule has 27 heteroatoms. The van der Waals surface area contributed by atoms with Gasteiger partial charge in [0.05, 0.1) is 31.3 Å². The highest BCUT2D eigenvalue weighted by Gasteiger charge is 2.50. The van der Waals surface area contributed by atoms with E-state index >= 15 is 9.59 Å². The van der Waals surface area contributed by atoms with Crippen LogP contribution in [-0.4, -0.2) is 197 Å². The summed E-state index contributed by atoms with van der Waals surface area (Å²) < 4.78 is 11.8. The van der Waals surface area contributed by atoms with Gasteiger partial charge in [-0.1, -0.05) is 131 Å². The number of aldehydes is 1. The molecule has 7 rings (SSSR count). The maximum absolute atomic E-state index is 15.1. The van der Waals surface area contributed by atoms with Crippen molar-refractivity contribution < 1.29 is 77.5 Å². The first-order chi connectivity index (χ1) is 47.1. The lowest BCUT2D eigenvalue weighted by molar-refractivity contribution is -0.160. The number of nitrogens with zero attached hydrogens (tertiary/aromatic N) is 2. The van der Waals surface area contributed by atoms with Crippen molar-refractivity contribution in [3.05, 3.63) is 161 Å². The first kappa shape index (κ1) is 76.4. The van der Waals surface area contributed by atoms with Crippen molar-refractivity contribution in [1.82, 2.24) is 52.3 Å². The van der Waals surface area contributed by atoms with Crippen LogP contribution >= 0.6 is 0 Å².